The molecule has 3 aromatic rings. The number of sulfonamides is 1. The van der Waals surface area contributed by atoms with Crippen LogP contribution in [0, 0.1) is 6.92 Å². The molecule has 0 aliphatic carbocycles. The average Bonchev–Trinajstić information content (AvgIpc) is 3.15. The van der Waals surface area contributed by atoms with Crippen LogP contribution in [0.1, 0.15) is 34.5 Å². The van der Waals surface area contributed by atoms with Gasteiger partial charge in [-0.15, -0.1) is 11.3 Å². The first-order valence-corrected chi connectivity index (χ1v) is 12.2. The van der Waals surface area contributed by atoms with Gasteiger partial charge >= 0.3 is 0 Å². The number of benzene rings is 2. The number of aromatic nitrogens is 1. The number of rotatable bonds is 5. The predicted molar refractivity (Wildman–Crippen MR) is 119 cm³/mol. The number of piperidine rings is 1. The summed E-state index contributed by atoms with van der Waals surface area (Å²) < 4.78 is 27.3. The second-order valence-corrected chi connectivity index (χ2v) is 10.4. The van der Waals surface area contributed by atoms with E-state index >= 15 is 0 Å². The zero-order chi connectivity index (χ0) is 21.1. The van der Waals surface area contributed by atoms with Crippen LogP contribution < -0.4 is 5.32 Å². The fourth-order valence-corrected chi connectivity index (χ4v) is 5.93. The number of carbonyl (C=O) groups is 1. The first-order valence-electron chi connectivity index (χ1n) is 9.89. The molecule has 0 bridgehead atoms. The summed E-state index contributed by atoms with van der Waals surface area (Å²) in [7, 11) is -3.59. The van der Waals surface area contributed by atoms with Crippen LogP contribution in [-0.4, -0.2) is 36.7 Å². The van der Waals surface area contributed by atoms with Gasteiger partial charge in [-0.2, -0.15) is 4.31 Å². The van der Waals surface area contributed by atoms with E-state index in [1.165, 1.54) is 21.7 Å². The van der Waals surface area contributed by atoms with Crippen molar-refractivity contribution >= 4 is 32.4 Å². The van der Waals surface area contributed by atoms with Gasteiger partial charge in [-0.1, -0.05) is 42.8 Å². The lowest BCUT2D eigenvalue weighted by atomic mass is 10.1. The molecule has 0 unspecified atom stereocenters. The van der Waals surface area contributed by atoms with E-state index in [1.807, 2.05) is 37.3 Å². The van der Waals surface area contributed by atoms with E-state index in [1.54, 1.807) is 18.2 Å². The van der Waals surface area contributed by atoms with Crippen LogP contribution in [-0.2, 0) is 10.0 Å². The zero-order valence-electron chi connectivity index (χ0n) is 16.7. The maximum atomic E-state index is 12.9. The minimum absolute atomic E-state index is 0.150. The van der Waals surface area contributed by atoms with Crippen LogP contribution in [0.25, 0.3) is 11.3 Å². The molecule has 1 N–H and O–H groups in total. The van der Waals surface area contributed by atoms with Crippen LogP contribution in [0.5, 0.6) is 0 Å². The number of thiazole rings is 1. The molecule has 4 rings (SSSR count). The standard InChI is InChI=1S/C22H23N3O3S2/c1-16-20(17-9-4-2-5-10-17)23-22(29-16)24-21(26)18-11-8-12-19(15-18)30(27,28)25-13-6-3-7-14-25/h2,4-5,8-12,15H,3,6-7,13-14H2,1H3,(H,23,24,26). The molecule has 1 saturated heterocycles. The Bertz CT molecular complexity index is 1150. The summed E-state index contributed by atoms with van der Waals surface area (Å²) in [6.45, 7) is 3.01. The van der Waals surface area contributed by atoms with Gasteiger partial charge in [-0.05, 0) is 38.0 Å². The predicted octanol–water partition coefficient (Wildman–Crippen LogP) is 4.55. The van der Waals surface area contributed by atoms with Crippen molar-refractivity contribution in [1.82, 2.24) is 9.29 Å². The fourth-order valence-electron chi connectivity index (χ4n) is 3.54. The monoisotopic (exact) mass is 441 g/mol. The van der Waals surface area contributed by atoms with Crippen molar-refractivity contribution in [3.8, 4) is 11.3 Å². The third-order valence-electron chi connectivity index (χ3n) is 5.11. The van der Waals surface area contributed by atoms with Gasteiger partial charge in [0.1, 0.15) is 0 Å². The quantitative estimate of drug-likeness (QED) is 0.630. The Morgan fingerprint density at radius 2 is 1.77 bits per heavy atom. The highest BCUT2D eigenvalue weighted by Crippen LogP contribution is 2.30. The first-order chi connectivity index (χ1) is 14.4. The molecule has 0 spiro atoms. The molecule has 1 amide bonds. The van der Waals surface area contributed by atoms with Gasteiger partial charge in [-0.3, -0.25) is 10.1 Å². The van der Waals surface area contributed by atoms with Crippen molar-refractivity contribution in [3.63, 3.8) is 0 Å². The van der Waals surface area contributed by atoms with E-state index in [0.29, 0.717) is 23.8 Å². The molecule has 30 heavy (non-hydrogen) atoms. The maximum absolute atomic E-state index is 12.9. The van der Waals surface area contributed by atoms with E-state index in [2.05, 4.69) is 10.3 Å². The Morgan fingerprint density at radius 1 is 1.03 bits per heavy atom. The van der Waals surface area contributed by atoms with Gasteiger partial charge < -0.3 is 0 Å². The Morgan fingerprint density at radius 3 is 2.50 bits per heavy atom. The number of anilines is 1. The van der Waals surface area contributed by atoms with E-state index in [0.717, 1.165) is 35.4 Å². The van der Waals surface area contributed by atoms with E-state index < -0.39 is 10.0 Å². The Labute approximate surface area is 180 Å². The van der Waals surface area contributed by atoms with E-state index in [-0.39, 0.29) is 10.8 Å². The lowest BCUT2D eigenvalue weighted by molar-refractivity contribution is 0.102. The normalized spacial score (nSPS) is 15.1. The van der Waals surface area contributed by atoms with E-state index in [9.17, 15) is 13.2 Å². The maximum Gasteiger partial charge on any atom is 0.257 e. The fraction of sp³-hybridized carbons (Fsp3) is 0.273. The second kappa shape index (κ2) is 8.67. The topological polar surface area (TPSA) is 79.4 Å². The third-order valence-corrected chi connectivity index (χ3v) is 7.89. The van der Waals surface area contributed by atoms with Crippen LogP contribution in [0.4, 0.5) is 5.13 Å². The molecule has 1 aliphatic heterocycles. The molecule has 0 saturated carbocycles. The molecule has 1 aliphatic rings. The lowest BCUT2D eigenvalue weighted by Crippen LogP contribution is -2.35. The third kappa shape index (κ3) is 4.30. The second-order valence-electron chi connectivity index (χ2n) is 7.24. The number of hydrogen-bond donors (Lipinski definition) is 1. The van der Waals surface area contributed by atoms with Crippen molar-refractivity contribution < 1.29 is 13.2 Å². The molecule has 1 fully saturated rings. The Kier molecular flexibility index (Phi) is 5.99. The summed E-state index contributed by atoms with van der Waals surface area (Å²) in [5.41, 5.74) is 2.11. The smallest absolute Gasteiger partial charge is 0.257 e. The number of amides is 1. The number of nitrogens with one attached hydrogen (secondary N) is 1. The molecule has 0 atom stereocenters. The summed E-state index contributed by atoms with van der Waals surface area (Å²) in [5.74, 6) is -0.376. The molecular formula is C22H23N3O3S2. The van der Waals surface area contributed by atoms with Gasteiger partial charge in [0.25, 0.3) is 5.91 Å². The highest BCUT2D eigenvalue weighted by Gasteiger charge is 2.26. The molecule has 156 valence electrons. The number of nitrogens with zero attached hydrogens (tertiary/aromatic N) is 2. The zero-order valence-corrected chi connectivity index (χ0v) is 18.3. The van der Waals surface area contributed by atoms with Crippen LogP contribution in [0.3, 0.4) is 0 Å². The van der Waals surface area contributed by atoms with Crippen LogP contribution in [0.2, 0.25) is 0 Å². The summed E-state index contributed by atoms with van der Waals surface area (Å²) in [5, 5.41) is 3.29. The Hall–Kier alpha value is -2.55. The van der Waals surface area contributed by atoms with Crippen LogP contribution >= 0.6 is 11.3 Å². The van der Waals surface area contributed by atoms with Crippen molar-refractivity contribution in [3.05, 3.63) is 65.0 Å². The molecule has 2 aromatic carbocycles. The average molecular weight is 442 g/mol. The summed E-state index contributed by atoms with van der Waals surface area (Å²) in [6.07, 6.45) is 2.78. The van der Waals surface area contributed by atoms with Crippen molar-refractivity contribution in [2.75, 3.05) is 18.4 Å². The highest BCUT2D eigenvalue weighted by atomic mass is 32.2. The minimum Gasteiger partial charge on any atom is -0.298 e. The van der Waals surface area contributed by atoms with Gasteiger partial charge in [0.05, 0.1) is 10.6 Å². The number of carbonyl (C=O) groups excluding carboxylic acids is 1. The lowest BCUT2D eigenvalue weighted by Gasteiger charge is -2.26. The molecular weight excluding hydrogens is 418 g/mol. The Balaban J connectivity index is 1.54. The van der Waals surface area contributed by atoms with Gasteiger partial charge in [0.2, 0.25) is 10.0 Å². The number of aryl methyl sites for hydroxylation is 1. The van der Waals surface area contributed by atoms with Crippen molar-refractivity contribution in [2.45, 2.75) is 31.1 Å². The minimum atomic E-state index is -3.59. The first kappa shape index (κ1) is 20.7. The van der Waals surface area contributed by atoms with Crippen molar-refractivity contribution in [1.29, 1.82) is 0 Å². The highest BCUT2D eigenvalue weighted by molar-refractivity contribution is 7.89. The van der Waals surface area contributed by atoms with Crippen LogP contribution in [0.15, 0.2) is 59.5 Å². The SMILES string of the molecule is Cc1sc(NC(=O)c2cccc(S(=O)(=O)N3CCCCC3)c2)nc1-c1ccccc1. The van der Waals surface area contributed by atoms with Gasteiger partial charge in [-0.25, -0.2) is 13.4 Å². The van der Waals surface area contributed by atoms with E-state index in [4.69, 9.17) is 0 Å². The molecule has 6 nitrogen and oxygen atoms in total. The summed E-state index contributed by atoms with van der Waals surface area (Å²) in [4.78, 5) is 18.5. The molecule has 0 radical (unpaired) electrons. The molecule has 2 heterocycles. The van der Waals surface area contributed by atoms with Gasteiger partial charge in [0, 0.05) is 29.1 Å². The largest absolute Gasteiger partial charge is 0.298 e. The van der Waals surface area contributed by atoms with Crippen molar-refractivity contribution in [2.24, 2.45) is 0 Å². The van der Waals surface area contributed by atoms with Gasteiger partial charge in [0.15, 0.2) is 5.13 Å². The summed E-state index contributed by atoms with van der Waals surface area (Å²) in [6, 6.07) is 16.0. The summed E-state index contributed by atoms with van der Waals surface area (Å²) >= 11 is 1.40. The number of hydrogen-bond acceptors (Lipinski definition) is 5. The molecule has 1 aromatic heterocycles. The molecule has 8 heteroatoms.